The summed E-state index contributed by atoms with van der Waals surface area (Å²) >= 11 is 0. The van der Waals surface area contributed by atoms with Gasteiger partial charge in [0.15, 0.2) is 0 Å². The quantitative estimate of drug-likeness (QED) is 0.172. The highest BCUT2D eigenvalue weighted by Gasteiger charge is 2.48. The number of pyridine rings is 1. The summed E-state index contributed by atoms with van der Waals surface area (Å²) in [6.07, 6.45) is 1.88. The Balaban J connectivity index is 1.19. The standard InChI is InChI=1S/C53H35N3/c1-4-15-38(16-5-1)52-55-47-24-12-13-25-49(47)56(52)42-30-28-36(29-31-42)43-32-33-44(39-27-26-37-17-14-34-54-48(37)35-39)51-50(43)45-22-10-11-23-46(45)53(51,40-18-6-2-7-19-40)41-20-8-3-9-21-41/h1-35H. The Bertz CT molecular complexity index is 3020. The predicted molar refractivity (Wildman–Crippen MR) is 230 cm³/mol. The molecule has 0 saturated carbocycles. The fourth-order valence-corrected chi connectivity index (χ4v) is 9.15. The Morgan fingerprint density at radius 2 is 1.07 bits per heavy atom. The molecule has 1 aliphatic rings. The number of nitrogens with zero attached hydrogens (tertiary/aromatic N) is 3. The van der Waals surface area contributed by atoms with E-state index in [4.69, 9.17) is 9.97 Å². The second-order valence-electron chi connectivity index (χ2n) is 14.5. The van der Waals surface area contributed by atoms with Gasteiger partial charge in [-0.15, -0.1) is 0 Å². The second kappa shape index (κ2) is 12.9. The number of hydrogen-bond acceptors (Lipinski definition) is 2. The van der Waals surface area contributed by atoms with E-state index in [1.54, 1.807) is 0 Å². The molecule has 0 unspecified atom stereocenters. The van der Waals surface area contributed by atoms with Gasteiger partial charge in [-0.2, -0.15) is 0 Å². The Kier molecular flexibility index (Phi) is 7.39. The fraction of sp³-hybridized carbons (Fsp3) is 0.0189. The Morgan fingerprint density at radius 3 is 1.84 bits per heavy atom. The molecular weight excluding hydrogens is 679 g/mol. The molecule has 8 aromatic carbocycles. The van der Waals surface area contributed by atoms with Crippen LogP contribution in [0.25, 0.3) is 72.4 Å². The fourth-order valence-electron chi connectivity index (χ4n) is 9.15. The average Bonchev–Trinajstić information content (AvgIpc) is 3.82. The SMILES string of the molecule is c1ccc(-c2nc3ccccc3n2-c2ccc(-c3ccc(-c4ccc5cccnc5c4)c4c3-c3ccccc3C4(c3ccccc3)c3ccccc3)cc2)cc1. The molecule has 3 nitrogen and oxygen atoms in total. The van der Waals surface area contributed by atoms with E-state index in [1.807, 2.05) is 18.3 Å². The minimum absolute atomic E-state index is 0.570. The maximum Gasteiger partial charge on any atom is 0.145 e. The molecule has 0 N–H and O–H groups in total. The van der Waals surface area contributed by atoms with Gasteiger partial charge < -0.3 is 0 Å². The zero-order chi connectivity index (χ0) is 37.1. The van der Waals surface area contributed by atoms with Crippen molar-refractivity contribution in [1.29, 1.82) is 0 Å². The molecular formula is C53H35N3. The van der Waals surface area contributed by atoms with Crippen LogP contribution in [0, 0.1) is 0 Å². The van der Waals surface area contributed by atoms with Crippen LogP contribution in [0.5, 0.6) is 0 Å². The maximum absolute atomic E-state index is 5.10. The van der Waals surface area contributed by atoms with Crippen molar-refractivity contribution in [3.05, 3.63) is 235 Å². The van der Waals surface area contributed by atoms with Crippen LogP contribution < -0.4 is 0 Å². The molecule has 0 amide bonds. The molecule has 0 saturated heterocycles. The normalized spacial score (nSPS) is 12.8. The van der Waals surface area contributed by atoms with E-state index in [0.717, 1.165) is 50.1 Å². The van der Waals surface area contributed by atoms with Gasteiger partial charge in [0.2, 0.25) is 0 Å². The zero-order valence-electron chi connectivity index (χ0n) is 30.5. The lowest BCUT2D eigenvalue weighted by molar-refractivity contribution is 0.770. The van der Waals surface area contributed by atoms with Gasteiger partial charge >= 0.3 is 0 Å². The lowest BCUT2D eigenvalue weighted by Gasteiger charge is -2.35. The van der Waals surface area contributed by atoms with Crippen molar-refractivity contribution in [3.8, 4) is 50.5 Å². The van der Waals surface area contributed by atoms with Crippen LogP contribution in [0.4, 0.5) is 0 Å². The van der Waals surface area contributed by atoms with Crippen LogP contribution in [0.15, 0.2) is 212 Å². The third-order valence-electron chi connectivity index (χ3n) is 11.5. The van der Waals surface area contributed by atoms with Gasteiger partial charge in [0, 0.05) is 22.8 Å². The first-order valence-corrected chi connectivity index (χ1v) is 19.2. The summed E-state index contributed by atoms with van der Waals surface area (Å²) in [6.45, 7) is 0. The Labute approximate surface area is 325 Å². The first-order valence-electron chi connectivity index (χ1n) is 19.2. The van der Waals surface area contributed by atoms with Crippen molar-refractivity contribution in [2.75, 3.05) is 0 Å². The Hall–Kier alpha value is -7.36. The highest BCUT2D eigenvalue weighted by atomic mass is 15.1. The largest absolute Gasteiger partial charge is 0.292 e. The topological polar surface area (TPSA) is 30.7 Å². The van der Waals surface area contributed by atoms with Gasteiger partial charge in [0.1, 0.15) is 5.82 Å². The summed E-state index contributed by atoms with van der Waals surface area (Å²) in [5.41, 5.74) is 16.9. The van der Waals surface area contributed by atoms with Crippen molar-refractivity contribution < 1.29 is 0 Å². The number of benzene rings is 8. The summed E-state index contributed by atoms with van der Waals surface area (Å²) in [4.78, 5) is 9.89. The van der Waals surface area contributed by atoms with Crippen LogP contribution in [-0.4, -0.2) is 14.5 Å². The third-order valence-corrected chi connectivity index (χ3v) is 11.5. The summed E-state index contributed by atoms with van der Waals surface area (Å²) in [5.74, 6) is 0.930. The van der Waals surface area contributed by atoms with Gasteiger partial charge in [-0.3, -0.25) is 9.55 Å². The van der Waals surface area contributed by atoms with E-state index in [9.17, 15) is 0 Å². The molecule has 1 aliphatic carbocycles. The van der Waals surface area contributed by atoms with Crippen LogP contribution in [-0.2, 0) is 5.41 Å². The molecule has 56 heavy (non-hydrogen) atoms. The van der Waals surface area contributed by atoms with Crippen LogP contribution in [0.1, 0.15) is 22.3 Å². The monoisotopic (exact) mass is 713 g/mol. The molecule has 11 rings (SSSR count). The minimum Gasteiger partial charge on any atom is -0.292 e. The summed E-state index contributed by atoms with van der Waals surface area (Å²) in [6, 6.07) is 74.6. The van der Waals surface area contributed by atoms with Crippen LogP contribution in [0.3, 0.4) is 0 Å². The molecule has 262 valence electrons. The highest BCUT2D eigenvalue weighted by Crippen LogP contribution is 2.60. The van der Waals surface area contributed by atoms with Gasteiger partial charge in [-0.05, 0) is 92.0 Å². The molecule has 0 spiro atoms. The van der Waals surface area contributed by atoms with Crippen molar-refractivity contribution in [2.45, 2.75) is 5.41 Å². The minimum atomic E-state index is -0.570. The summed E-state index contributed by atoms with van der Waals surface area (Å²) in [5, 5.41) is 1.13. The molecule has 0 bridgehead atoms. The number of para-hydroxylation sites is 2. The zero-order valence-corrected chi connectivity index (χ0v) is 30.5. The summed E-state index contributed by atoms with van der Waals surface area (Å²) < 4.78 is 2.28. The molecule has 0 fully saturated rings. The van der Waals surface area contributed by atoms with E-state index >= 15 is 0 Å². The number of aromatic nitrogens is 3. The molecule has 0 radical (unpaired) electrons. The molecule has 3 heteroatoms. The first-order chi connectivity index (χ1) is 27.8. The van der Waals surface area contributed by atoms with Crippen molar-refractivity contribution in [1.82, 2.24) is 14.5 Å². The lowest BCUT2D eigenvalue weighted by atomic mass is 9.66. The van der Waals surface area contributed by atoms with Gasteiger partial charge in [-0.1, -0.05) is 170 Å². The number of fused-ring (bicyclic) bond motifs is 5. The van der Waals surface area contributed by atoms with Crippen LogP contribution >= 0.6 is 0 Å². The van der Waals surface area contributed by atoms with Crippen molar-refractivity contribution >= 4 is 21.9 Å². The van der Waals surface area contributed by atoms with Crippen molar-refractivity contribution in [3.63, 3.8) is 0 Å². The Morgan fingerprint density at radius 1 is 0.429 bits per heavy atom. The van der Waals surface area contributed by atoms with Crippen molar-refractivity contribution in [2.24, 2.45) is 0 Å². The molecule has 2 heterocycles. The number of imidazole rings is 1. The number of hydrogen-bond donors (Lipinski definition) is 0. The van der Waals surface area contributed by atoms with Crippen LogP contribution in [0.2, 0.25) is 0 Å². The maximum atomic E-state index is 5.10. The van der Waals surface area contributed by atoms with Gasteiger partial charge in [-0.25, -0.2) is 4.98 Å². The number of rotatable bonds is 6. The van der Waals surface area contributed by atoms with E-state index < -0.39 is 5.41 Å². The third kappa shape index (κ3) is 4.84. The lowest BCUT2D eigenvalue weighted by Crippen LogP contribution is -2.29. The molecule has 10 aromatic rings. The van der Waals surface area contributed by atoms with E-state index in [2.05, 4.69) is 199 Å². The van der Waals surface area contributed by atoms with E-state index in [-0.39, 0.29) is 0 Å². The van der Waals surface area contributed by atoms with Gasteiger partial charge in [0.25, 0.3) is 0 Å². The summed E-state index contributed by atoms with van der Waals surface area (Å²) in [7, 11) is 0. The molecule has 2 aromatic heterocycles. The second-order valence-corrected chi connectivity index (χ2v) is 14.5. The smallest absolute Gasteiger partial charge is 0.145 e. The molecule has 0 aliphatic heterocycles. The predicted octanol–water partition coefficient (Wildman–Crippen LogP) is 12.9. The van der Waals surface area contributed by atoms with Gasteiger partial charge in [0.05, 0.1) is 22.0 Å². The highest BCUT2D eigenvalue weighted by molar-refractivity contribution is 6.01. The first kappa shape index (κ1) is 32.1. The average molecular weight is 714 g/mol. The molecule has 0 atom stereocenters. The van der Waals surface area contributed by atoms with E-state index in [1.165, 1.54) is 44.5 Å². The van der Waals surface area contributed by atoms with E-state index in [0.29, 0.717) is 0 Å².